The molecule has 36 heavy (non-hydrogen) atoms. The molecule has 0 aromatic heterocycles. The summed E-state index contributed by atoms with van der Waals surface area (Å²) >= 11 is 0. The van der Waals surface area contributed by atoms with E-state index in [1.165, 1.54) is 45.2 Å². The molecule has 0 bridgehead atoms. The van der Waals surface area contributed by atoms with Crippen molar-refractivity contribution in [1.82, 2.24) is 0 Å². The van der Waals surface area contributed by atoms with Crippen LogP contribution < -0.4 is 15.2 Å². The Hall–Kier alpha value is -3.80. The molecule has 0 radical (unpaired) electrons. The van der Waals surface area contributed by atoms with Crippen molar-refractivity contribution in [2.24, 2.45) is 0 Å². The lowest BCUT2D eigenvalue weighted by atomic mass is 9.91. The lowest BCUT2D eigenvalue weighted by Gasteiger charge is -2.21. The standard InChI is InChI=1S/C24H21F4NO6S/c1-10-14(9-15-17(25)19(27)22(35-4)20(28)18(15)26)16(24(30)31)23(11(2)21(10)29)36(32,33)13-7-5-12(34-3)6-8-13/h5-8H,9,29H2,1-4H3,(H,30,31). The maximum absolute atomic E-state index is 14.7. The zero-order chi connectivity index (χ0) is 27.1. The fourth-order valence-electron chi connectivity index (χ4n) is 3.90. The number of aromatic carboxylic acids is 1. The lowest BCUT2D eigenvalue weighted by Crippen LogP contribution is -2.19. The molecule has 3 aromatic carbocycles. The molecule has 0 aliphatic rings. The predicted octanol–water partition coefficient (Wildman–Crippen LogP) is 4.58. The average Bonchev–Trinajstić information content (AvgIpc) is 2.84. The van der Waals surface area contributed by atoms with Crippen LogP contribution in [0, 0.1) is 37.1 Å². The molecule has 7 nitrogen and oxygen atoms in total. The minimum Gasteiger partial charge on any atom is -0.497 e. The lowest BCUT2D eigenvalue weighted by molar-refractivity contribution is 0.0691. The van der Waals surface area contributed by atoms with Crippen molar-refractivity contribution < 1.29 is 45.4 Å². The van der Waals surface area contributed by atoms with E-state index in [-0.39, 0.29) is 21.7 Å². The summed E-state index contributed by atoms with van der Waals surface area (Å²) in [6, 6.07) is 5.05. The normalized spacial score (nSPS) is 11.4. The maximum Gasteiger partial charge on any atom is 0.337 e. The number of hydrogen-bond acceptors (Lipinski definition) is 6. The Bertz CT molecular complexity index is 1460. The SMILES string of the molecule is COc1ccc(S(=O)(=O)c2c(C)c(N)c(C)c(Cc3c(F)c(F)c(OC)c(F)c3F)c2C(=O)O)cc1. The fourth-order valence-corrected chi connectivity index (χ4v) is 5.62. The first-order valence-electron chi connectivity index (χ1n) is 10.2. The van der Waals surface area contributed by atoms with Gasteiger partial charge < -0.3 is 20.3 Å². The monoisotopic (exact) mass is 527 g/mol. The van der Waals surface area contributed by atoms with Gasteiger partial charge >= 0.3 is 5.97 Å². The number of carbonyl (C=O) groups is 1. The van der Waals surface area contributed by atoms with Crippen LogP contribution in [0.15, 0.2) is 34.1 Å². The number of halogens is 4. The van der Waals surface area contributed by atoms with Gasteiger partial charge in [0.15, 0.2) is 17.4 Å². The number of sulfone groups is 1. The van der Waals surface area contributed by atoms with Gasteiger partial charge in [-0.1, -0.05) is 0 Å². The Morgan fingerprint density at radius 2 is 1.42 bits per heavy atom. The van der Waals surface area contributed by atoms with Gasteiger partial charge in [-0.05, 0) is 54.8 Å². The Balaban J connectivity index is 2.38. The van der Waals surface area contributed by atoms with Crippen LogP contribution >= 0.6 is 0 Å². The summed E-state index contributed by atoms with van der Waals surface area (Å²) in [6.45, 7) is 2.59. The highest BCUT2D eigenvalue weighted by Crippen LogP contribution is 2.39. The number of carboxylic acid groups (broad SMARTS) is 1. The number of nitrogens with two attached hydrogens (primary N) is 1. The second-order valence-corrected chi connectivity index (χ2v) is 9.66. The van der Waals surface area contributed by atoms with E-state index in [0.717, 1.165) is 7.11 Å². The van der Waals surface area contributed by atoms with Crippen LogP contribution in [-0.4, -0.2) is 33.7 Å². The molecular weight excluding hydrogens is 506 g/mol. The Labute approximate surface area is 204 Å². The highest BCUT2D eigenvalue weighted by molar-refractivity contribution is 7.91. The molecule has 0 fully saturated rings. The maximum atomic E-state index is 14.7. The van der Waals surface area contributed by atoms with E-state index >= 15 is 0 Å². The van der Waals surface area contributed by atoms with Gasteiger partial charge in [-0.3, -0.25) is 0 Å². The van der Waals surface area contributed by atoms with Gasteiger partial charge in [-0.2, -0.15) is 8.78 Å². The van der Waals surface area contributed by atoms with Crippen molar-refractivity contribution in [2.75, 3.05) is 20.0 Å². The molecule has 3 rings (SSSR count). The number of carboxylic acids is 1. The topological polar surface area (TPSA) is 116 Å². The second-order valence-electron chi connectivity index (χ2n) is 7.77. The van der Waals surface area contributed by atoms with Crippen LogP contribution in [0.3, 0.4) is 0 Å². The Morgan fingerprint density at radius 3 is 1.86 bits per heavy atom. The molecule has 0 atom stereocenters. The molecule has 0 unspecified atom stereocenters. The molecule has 3 aromatic rings. The van der Waals surface area contributed by atoms with Crippen LogP contribution in [0.4, 0.5) is 23.2 Å². The first-order valence-corrected chi connectivity index (χ1v) is 11.7. The van der Waals surface area contributed by atoms with Crippen molar-refractivity contribution in [3.05, 3.63) is 75.4 Å². The number of rotatable bonds is 7. The van der Waals surface area contributed by atoms with Crippen LogP contribution in [-0.2, 0) is 16.3 Å². The predicted molar refractivity (Wildman–Crippen MR) is 121 cm³/mol. The molecule has 3 N–H and O–H groups in total. The smallest absolute Gasteiger partial charge is 0.337 e. The number of ether oxygens (including phenoxy) is 2. The molecule has 0 amide bonds. The molecular formula is C24H21F4NO6S. The number of hydrogen-bond donors (Lipinski definition) is 2. The highest BCUT2D eigenvalue weighted by atomic mass is 32.2. The van der Waals surface area contributed by atoms with Gasteiger partial charge in [0.25, 0.3) is 0 Å². The molecule has 0 spiro atoms. The van der Waals surface area contributed by atoms with Gasteiger partial charge in [-0.25, -0.2) is 22.0 Å². The minimum absolute atomic E-state index is 0.0194. The molecule has 12 heteroatoms. The van der Waals surface area contributed by atoms with Crippen molar-refractivity contribution in [2.45, 2.75) is 30.1 Å². The molecule has 0 saturated carbocycles. The summed E-state index contributed by atoms with van der Waals surface area (Å²) in [5.74, 6) is -10.0. The zero-order valence-electron chi connectivity index (χ0n) is 19.5. The number of methoxy groups -OCH3 is 2. The summed E-state index contributed by atoms with van der Waals surface area (Å²) in [6.07, 6.45) is -1.02. The van der Waals surface area contributed by atoms with Gasteiger partial charge in [0.2, 0.25) is 21.5 Å². The van der Waals surface area contributed by atoms with E-state index < -0.39 is 72.8 Å². The first-order chi connectivity index (χ1) is 16.8. The summed E-state index contributed by atoms with van der Waals surface area (Å²) in [5, 5.41) is 10.0. The number of benzene rings is 3. The molecule has 0 saturated heterocycles. The van der Waals surface area contributed by atoms with Crippen LogP contribution in [0.5, 0.6) is 11.5 Å². The van der Waals surface area contributed by atoms with Crippen molar-refractivity contribution in [1.29, 1.82) is 0 Å². The highest BCUT2D eigenvalue weighted by Gasteiger charge is 2.34. The number of anilines is 1. The Morgan fingerprint density at radius 1 is 0.889 bits per heavy atom. The third-order valence-electron chi connectivity index (χ3n) is 5.85. The Kier molecular flexibility index (Phi) is 7.21. The van der Waals surface area contributed by atoms with Crippen LogP contribution in [0.25, 0.3) is 0 Å². The minimum atomic E-state index is -4.54. The van der Waals surface area contributed by atoms with Crippen LogP contribution in [0.2, 0.25) is 0 Å². The third kappa shape index (κ3) is 4.21. The quantitative estimate of drug-likeness (QED) is 0.263. The van der Waals surface area contributed by atoms with Gasteiger partial charge in [0, 0.05) is 17.7 Å². The summed E-state index contributed by atoms with van der Waals surface area (Å²) < 4.78 is 94.5. The van der Waals surface area contributed by atoms with Crippen molar-refractivity contribution in [3.63, 3.8) is 0 Å². The van der Waals surface area contributed by atoms with Gasteiger partial charge in [0.05, 0.1) is 29.6 Å². The van der Waals surface area contributed by atoms with Crippen LogP contribution in [0.1, 0.15) is 32.6 Å². The van der Waals surface area contributed by atoms with Crippen molar-refractivity contribution >= 4 is 21.5 Å². The number of nitrogen functional groups attached to an aromatic ring is 1. The molecule has 0 aliphatic carbocycles. The van der Waals surface area contributed by atoms with E-state index in [9.17, 15) is 35.9 Å². The third-order valence-corrected chi connectivity index (χ3v) is 7.79. The largest absolute Gasteiger partial charge is 0.497 e. The molecule has 192 valence electrons. The fraction of sp³-hybridized carbons (Fsp3) is 0.208. The summed E-state index contributed by atoms with van der Waals surface area (Å²) in [5.41, 5.74) is 3.35. The average molecular weight is 527 g/mol. The van der Waals surface area contributed by atoms with Crippen molar-refractivity contribution in [3.8, 4) is 11.5 Å². The molecule has 0 heterocycles. The summed E-state index contributed by atoms with van der Waals surface area (Å²) in [7, 11) is -2.37. The van der Waals surface area contributed by atoms with Gasteiger partial charge in [0.1, 0.15) is 5.75 Å². The van der Waals surface area contributed by atoms with E-state index in [2.05, 4.69) is 4.74 Å². The van der Waals surface area contributed by atoms with E-state index in [0.29, 0.717) is 5.75 Å². The van der Waals surface area contributed by atoms with E-state index in [1.807, 2.05) is 0 Å². The first kappa shape index (κ1) is 26.8. The molecule has 0 aliphatic heterocycles. The second kappa shape index (κ2) is 9.69. The zero-order valence-corrected chi connectivity index (χ0v) is 20.3. The van der Waals surface area contributed by atoms with E-state index in [1.54, 1.807) is 0 Å². The van der Waals surface area contributed by atoms with Gasteiger partial charge in [-0.15, -0.1) is 0 Å². The summed E-state index contributed by atoms with van der Waals surface area (Å²) in [4.78, 5) is 11.3. The van der Waals surface area contributed by atoms with E-state index in [4.69, 9.17) is 10.5 Å².